The first-order valence-corrected chi connectivity index (χ1v) is 14.0. The fourth-order valence-corrected chi connectivity index (χ4v) is 4.80. The minimum atomic E-state index is -0.528. The molecule has 0 spiro atoms. The van der Waals surface area contributed by atoms with E-state index in [0.717, 1.165) is 4.90 Å². The molecule has 0 saturated heterocycles. The molecule has 0 aromatic heterocycles. The lowest BCUT2D eigenvalue weighted by Crippen LogP contribution is -2.30. The second kappa shape index (κ2) is 14.1. The number of carbonyl (C=O) groups is 3. The van der Waals surface area contributed by atoms with Gasteiger partial charge in [0.15, 0.2) is 0 Å². The van der Waals surface area contributed by atoms with Crippen LogP contribution < -0.4 is 16.0 Å². The van der Waals surface area contributed by atoms with Crippen molar-refractivity contribution in [3.63, 3.8) is 0 Å². The SMILES string of the molecule is O=C(CSc1cccc(NC(=O)/C(=C/c2cccc(Cl)c2)NC(=O)c2ccccc2)c1)Nc1cccc(Cl)c1Cl. The molecule has 4 rings (SSSR count). The maximum Gasteiger partial charge on any atom is 0.272 e. The van der Waals surface area contributed by atoms with Crippen LogP contribution in [0.3, 0.4) is 0 Å². The van der Waals surface area contributed by atoms with Gasteiger partial charge in [-0.2, -0.15) is 0 Å². The van der Waals surface area contributed by atoms with E-state index < -0.39 is 11.8 Å². The molecule has 0 saturated carbocycles. The Hall–Kier alpha value is -3.75. The Morgan fingerprint density at radius 3 is 2.30 bits per heavy atom. The molecule has 0 aliphatic carbocycles. The van der Waals surface area contributed by atoms with E-state index in [2.05, 4.69) is 16.0 Å². The van der Waals surface area contributed by atoms with Crippen molar-refractivity contribution in [1.82, 2.24) is 5.32 Å². The molecule has 0 aliphatic rings. The number of carbonyl (C=O) groups excluding carboxylic acids is 3. The number of thioether (sulfide) groups is 1. The maximum absolute atomic E-state index is 13.3. The number of hydrogen-bond acceptors (Lipinski definition) is 4. The van der Waals surface area contributed by atoms with Crippen LogP contribution in [0.4, 0.5) is 11.4 Å². The molecule has 10 heteroatoms. The predicted octanol–water partition coefficient (Wildman–Crippen LogP) is 7.79. The highest BCUT2D eigenvalue weighted by molar-refractivity contribution is 8.00. The Bertz CT molecular complexity index is 1580. The third kappa shape index (κ3) is 8.37. The van der Waals surface area contributed by atoms with Crippen LogP contribution in [0.1, 0.15) is 15.9 Å². The molecule has 0 radical (unpaired) electrons. The normalized spacial score (nSPS) is 11.0. The molecule has 6 nitrogen and oxygen atoms in total. The second-order valence-corrected chi connectivity index (χ2v) is 10.6. The molecule has 4 aromatic carbocycles. The topological polar surface area (TPSA) is 87.3 Å². The fourth-order valence-electron chi connectivity index (χ4n) is 3.50. The lowest BCUT2D eigenvalue weighted by molar-refractivity contribution is -0.114. The van der Waals surface area contributed by atoms with E-state index in [9.17, 15) is 14.4 Å². The number of hydrogen-bond donors (Lipinski definition) is 3. The van der Waals surface area contributed by atoms with Crippen molar-refractivity contribution >= 4 is 81.7 Å². The number of nitrogens with one attached hydrogen (secondary N) is 3. The van der Waals surface area contributed by atoms with Crippen LogP contribution in [0, 0.1) is 0 Å². The van der Waals surface area contributed by atoms with Crippen molar-refractivity contribution in [3.05, 3.63) is 129 Å². The molecule has 0 unspecified atom stereocenters. The van der Waals surface area contributed by atoms with Gasteiger partial charge in [-0.3, -0.25) is 14.4 Å². The Morgan fingerprint density at radius 1 is 0.775 bits per heavy atom. The number of amides is 3. The van der Waals surface area contributed by atoms with Gasteiger partial charge in [0, 0.05) is 21.2 Å². The zero-order valence-electron chi connectivity index (χ0n) is 20.8. The second-order valence-electron chi connectivity index (χ2n) is 8.35. The minimum Gasteiger partial charge on any atom is -0.324 e. The number of halogens is 3. The maximum atomic E-state index is 13.3. The number of rotatable bonds is 9. The van der Waals surface area contributed by atoms with Gasteiger partial charge in [0.05, 0.1) is 21.5 Å². The molecule has 202 valence electrons. The van der Waals surface area contributed by atoms with Crippen LogP contribution in [0.5, 0.6) is 0 Å². The molecule has 0 heterocycles. The quantitative estimate of drug-likeness (QED) is 0.133. The Morgan fingerprint density at radius 2 is 1.52 bits per heavy atom. The largest absolute Gasteiger partial charge is 0.324 e. The first kappa shape index (κ1) is 29.2. The van der Waals surface area contributed by atoms with Crippen LogP contribution in [0.25, 0.3) is 6.08 Å². The summed E-state index contributed by atoms with van der Waals surface area (Å²) in [4.78, 5) is 39.3. The van der Waals surface area contributed by atoms with Gasteiger partial charge in [-0.05, 0) is 66.2 Å². The standard InChI is InChI=1S/C30H22Cl3N3O3S/c31-21-10-4-7-19(15-21)16-26(36-29(38)20-8-2-1-3-9-20)30(39)34-22-11-5-12-23(17-22)40-18-27(37)35-25-14-6-13-24(32)28(25)33/h1-17H,18H2,(H,34,39)(H,35,37)(H,36,38)/b26-16-. The van der Waals surface area contributed by atoms with E-state index in [1.54, 1.807) is 97.1 Å². The van der Waals surface area contributed by atoms with Gasteiger partial charge in [-0.1, -0.05) is 77.3 Å². The van der Waals surface area contributed by atoms with Crippen molar-refractivity contribution in [2.45, 2.75) is 4.90 Å². The summed E-state index contributed by atoms with van der Waals surface area (Å²) in [6, 6.07) is 27.5. The van der Waals surface area contributed by atoms with Gasteiger partial charge >= 0.3 is 0 Å². The summed E-state index contributed by atoms with van der Waals surface area (Å²) < 4.78 is 0. The predicted molar refractivity (Wildman–Crippen MR) is 164 cm³/mol. The van der Waals surface area contributed by atoms with Crippen molar-refractivity contribution in [2.24, 2.45) is 0 Å². The summed E-state index contributed by atoms with van der Waals surface area (Å²) in [5.74, 6) is -1.12. The van der Waals surface area contributed by atoms with Crippen molar-refractivity contribution in [1.29, 1.82) is 0 Å². The summed E-state index contributed by atoms with van der Waals surface area (Å²) in [5.41, 5.74) is 1.99. The summed E-state index contributed by atoms with van der Waals surface area (Å²) in [7, 11) is 0. The summed E-state index contributed by atoms with van der Waals surface area (Å²) in [5, 5.41) is 9.36. The molecule has 0 atom stereocenters. The molecule has 3 N–H and O–H groups in total. The third-order valence-electron chi connectivity index (χ3n) is 5.38. The van der Waals surface area contributed by atoms with E-state index in [4.69, 9.17) is 34.8 Å². The lowest BCUT2D eigenvalue weighted by atomic mass is 10.1. The van der Waals surface area contributed by atoms with E-state index in [1.165, 1.54) is 11.8 Å². The van der Waals surface area contributed by atoms with Gasteiger partial charge < -0.3 is 16.0 Å². The first-order chi connectivity index (χ1) is 19.3. The van der Waals surface area contributed by atoms with E-state index in [0.29, 0.717) is 32.5 Å². The van der Waals surface area contributed by atoms with Gasteiger partial charge in [-0.25, -0.2) is 0 Å². The number of benzene rings is 4. The monoisotopic (exact) mass is 609 g/mol. The molecule has 3 amide bonds. The average Bonchev–Trinajstić information content (AvgIpc) is 2.95. The molecular formula is C30H22Cl3N3O3S. The van der Waals surface area contributed by atoms with Gasteiger partial charge in [-0.15, -0.1) is 11.8 Å². The van der Waals surface area contributed by atoms with Crippen LogP contribution in [0.15, 0.2) is 108 Å². The van der Waals surface area contributed by atoms with Crippen LogP contribution in [-0.4, -0.2) is 23.5 Å². The van der Waals surface area contributed by atoms with Crippen LogP contribution in [-0.2, 0) is 9.59 Å². The highest BCUT2D eigenvalue weighted by atomic mass is 35.5. The van der Waals surface area contributed by atoms with Crippen molar-refractivity contribution in [3.8, 4) is 0 Å². The van der Waals surface area contributed by atoms with Crippen molar-refractivity contribution in [2.75, 3.05) is 16.4 Å². The number of anilines is 2. The first-order valence-electron chi connectivity index (χ1n) is 11.9. The Kier molecular flexibility index (Phi) is 10.3. The molecule has 0 fully saturated rings. The van der Waals surface area contributed by atoms with E-state index in [-0.39, 0.29) is 22.4 Å². The van der Waals surface area contributed by atoms with Gasteiger partial charge in [0.2, 0.25) is 5.91 Å². The van der Waals surface area contributed by atoms with Gasteiger partial charge in [0.1, 0.15) is 5.70 Å². The molecular weight excluding hydrogens is 589 g/mol. The van der Waals surface area contributed by atoms with Gasteiger partial charge in [0.25, 0.3) is 11.8 Å². The van der Waals surface area contributed by atoms with E-state index >= 15 is 0 Å². The summed E-state index contributed by atoms with van der Waals surface area (Å²) in [6.07, 6.45) is 1.55. The van der Waals surface area contributed by atoms with Crippen LogP contribution in [0.2, 0.25) is 15.1 Å². The molecule has 0 bridgehead atoms. The fraction of sp³-hybridized carbons (Fsp3) is 0.0333. The van der Waals surface area contributed by atoms with Crippen molar-refractivity contribution < 1.29 is 14.4 Å². The highest BCUT2D eigenvalue weighted by Gasteiger charge is 2.16. The molecule has 0 aliphatic heterocycles. The summed E-state index contributed by atoms with van der Waals surface area (Å²) in [6.45, 7) is 0. The van der Waals surface area contributed by atoms with Crippen LogP contribution >= 0.6 is 46.6 Å². The molecule has 4 aromatic rings. The highest BCUT2D eigenvalue weighted by Crippen LogP contribution is 2.30. The average molecular weight is 611 g/mol. The van der Waals surface area contributed by atoms with E-state index in [1.807, 2.05) is 6.07 Å². The smallest absolute Gasteiger partial charge is 0.272 e. The lowest BCUT2D eigenvalue weighted by Gasteiger charge is -2.12. The Balaban J connectivity index is 1.45. The minimum absolute atomic E-state index is 0.0342. The Labute approximate surface area is 250 Å². The third-order valence-corrected chi connectivity index (χ3v) is 7.42. The zero-order valence-corrected chi connectivity index (χ0v) is 23.9. The molecule has 40 heavy (non-hydrogen) atoms. The zero-order chi connectivity index (χ0) is 28.5. The summed E-state index contributed by atoms with van der Waals surface area (Å²) >= 11 is 19.5.